The number of urea groups is 1. The third kappa shape index (κ3) is 0.982. The molecule has 1 N–H and O–H groups in total. The average molecular weight is 156 g/mol. The number of amides is 3. The quantitative estimate of drug-likeness (QED) is 0.556. The molecule has 0 aromatic carbocycles. The molecule has 1 aliphatic heterocycles. The van der Waals surface area contributed by atoms with E-state index in [0.29, 0.717) is 6.54 Å². The van der Waals surface area contributed by atoms with E-state index in [2.05, 4.69) is 5.32 Å². The summed E-state index contributed by atoms with van der Waals surface area (Å²) in [5.41, 5.74) is -0.675. The fourth-order valence-electron chi connectivity index (χ4n) is 1.23. The molecule has 0 aromatic rings. The molecule has 1 aliphatic rings. The molecule has 4 heteroatoms. The summed E-state index contributed by atoms with van der Waals surface area (Å²) in [7, 11) is 0. The Kier molecular flexibility index (Phi) is 1.62. The summed E-state index contributed by atoms with van der Waals surface area (Å²) in [6.07, 6.45) is 0. The maximum Gasteiger partial charge on any atom is 0.324 e. The van der Waals surface area contributed by atoms with Crippen LogP contribution in [0, 0.1) is 0 Å². The lowest BCUT2D eigenvalue weighted by Crippen LogP contribution is -2.43. The zero-order valence-electron chi connectivity index (χ0n) is 6.97. The summed E-state index contributed by atoms with van der Waals surface area (Å²) in [6, 6.07) is -0.289. The Bertz CT molecular complexity index is 210. The Morgan fingerprint density at radius 2 is 2.00 bits per heavy atom. The minimum atomic E-state index is -0.675. The van der Waals surface area contributed by atoms with Crippen molar-refractivity contribution in [2.45, 2.75) is 26.3 Å². The van der Waals surface area contributed by atoms with Gasteiger partial charge >= 0.3 is 6.03 Å². The van der Waals surface area contributed by atoms with E-state index in [4.69, 9.17) is 0 Å². The highest BCUT2D eigenvalue weighted by Gasteiger charge is 2.44. The molecular formula is C7H12N2O2. The van der Waals surface area contributed by atoms with Crippen LogP contribution in [-0.4, -0.2) is 28.9 Å². The highest BCUT2D eigenvalue weighted by atomic mass is 16.2. The van der Waals surface area contributed by atoms with Crippen LogP contribution in [0.4, 0.5) is 4.79 Å². The predicted octanol–water partition coefficient (Wildman–Crippen LogP) is 0.337. The van der Waals surface area contributed by atoms with Gasteiger partial charge in [-0.2, -0.15) is 0 Å². The molecule has 0 bridgehead atoms. The summed E-state index contributed by atoms with van der Waals surface area (Å²) in [5.74, 6) is -0.218. The monoisotopic (exact) mass is 156 g/mol. The van der Waals surface area contributed by atoms with E-state index in [0.717, 1.165) is 0 Å². The number of nitrogens with zero attached hydrogens (tertiary/aromatic N) is 1. The normalized spacial score (nSPS) is 22.3. The molecule has 1 saturated heterocycles. The fourth-order valence-corrected chi connectivity index (χ4v) is 1.23. The molecule has 62 valence electrons. The van der Waals surface area contributed by atoms with Crippen molar-refractivity contribution in [1.82, 2.24) is 10.2 Å². The van der Waals surface area contributed by atoms with E-state index in [1.807, 2.05) is 6.92 Å². The van der Waals surface area contributed by atoms with Gasteiger partial charge in [0.15, 0.2) is 0 Å². The third-order valence-corrected chi connectivity index (χ3v) is 2.01. The first-order chi connectivity index (χ1) is 5.00. The molecule has 1 heterocycles. The second-order valence-electron chi connectivity index (χ2n) is 3.06. The van der Waals surface area contributed by atoms with E-state index < -0.39 is 5.54 Å². The predicted molar refractivity (Wildman–Crippen MR) is 40.0 cm³/mol. The maximum atomic E-state index is 11.1. The van der Waals surface area contributed by atoms with E-state index in [9.17, 15) is 9.59 Å². The maximum absolute atomic E-state index is 11.1. The number of hydrogen-bond acceptors (Lipinski definition) is 2. The van der Waals surface area contributed by atoms with Gasteiger partial charge in [-0.3, -0.25) is 10.1 Å². The standard InChI is InChI=1S/C7H12N2O2/c1-4-9-6(11)8-5(10)7(9,2)3/h4H2,1-3H3,(H,8,10,11). The van der Waals surface area contributed by atoms with Gasteiger partial charge in [0.05, 0.1) is 0 Å². The van der Waals surface area contributed by atoms with Crippen molar-refractivity contribution in [3.8, 4) is 0 Å². The minimum Gasteiger partial charge on any atom is -0.311 e. The largest absolute Gasteiger partial charge is 0.324 e. The van der Waals surface area contributed by atoms with Gasteiger partial charge in [0.1, 0.15) is 5.54 Å². The van der Waals surface area contributed by atoms with E-state index in [1.165, 1.54) is 4.90 Å². The van der Waals surface area contributed by atoms with Crippen LogP contribution in [0.25, 0.3) is 0 Å². The van der Waals surface area contributed by atoms with Crippen molar-refractivity contribution < 1.29 is 9.59 Å². The van der Waals surface area contributed by atoms with Crippen LogP contribution in [0.3, 0.4) is 0 Å². The second-order valence-corrected chi connectivity index (χ2v) is 3.06. The number of likely N-dealkylation sites (N-methyl/N-ethyl adjacent to an activating group) is 1. The molecule has 4 nitrogen and oxygen atoms in total. The highest BCUT2D eigenvalue weighted by Crippen LogP contribution is 2.19. The van der Waals surface area contributed by atoms with Crippen LogP contribution >= 0.6 is 0 Å². The summed E-state index contributed by atoms with van der Waals surface area (Å²) in [5, 5.41) is 2.26. The SMILES string of the molecule is CCN1C(=O)NC(=O)C1(C)C. The van der Waals surface area contributed by atoms with Gasteiger partial charge in [-0.1, -0.05) is 0 Å². The van der Waals surface area contributed by atoms with Gasteiger partial charge in [-0.15, -0.1) is 0 Å². The summed E-state index contributed by atoms with van der Waals surface area (Å²) < 4.78 is 0. The van der Waals surface area contributed by atoms with Crippen molar-refractivity contribution >= 4 is 11.9 Å². The van der Waals surface area contributed by atoms with Crippen molar-refractivity contribution in [3.05, 3.63) is 0 Å². The van der Waals surface area contributed by atoms with Crippen LogP contribution in [0.2, 0.25) is 0 Å². The Morgan fingerprint density at radius 1 is 1.45 bits per heavy atom. The van der Waals surface area contributed by atoms with E-state index in [1.54, 1.807) is 13.8 Å². The fraction of sp³-hybridized carbons (Fsp3) is 0.714. The zero-order chi connectivity index (χ0) is 8.65. The van der Waals surface area contributed by atoms with Crippen LogP contribution < -0.4 is 5.32 Å². The molecule has 0 spiro atoms. The molecule has 1 rings (SSSR count). The zero-order valence-corrected chi connectivity index (χ0v) is 6.97. The number of rotatable bonds is 1. The van der Waals surface area contributed by atoms with Crippen molar-refractivity contribution in [2.24, 2.45) is 0 Å². The molecule has 3 amide bonds. The lowest BCUT2D eigenvalue weighted by atomic mass is 10.1. The number of carbonyl (C=O) groups excluding carboxylic acids is 2. The Labute approximate surface area is 65.6 Å². The first-order valence-corrected chi connectivity index (χ1v) is 3.63. The van der Waals surface area contributed by atoms with Crippen LogP contribution in [0.5, 0.6) is 0 Å². The molecule has 0 saturated carbocycles. The van der Waals surface area contributed by atoms with Crippen molar-refractivity contribution in [2.75, 3.05) is 6.54 Å². The lowest BCUT2D eigenvalue weighted by Gasteiger charge is -2.26. The van der Waals surface area contributed by atoms with Crippen LogP contribution in [-0.2, 0) is 4.79 Å². The summed E-state index contributed by atoms with van der Waals surface area (Å²) in [4.78, 5) is 23.6. The van der Waals surface area contributed by atoms with Gasteiger partial charge in [0, 0.05) is 6.54 Å². The number of imide groups is 1. The van der Waals surface area contributed by atoms with E-state index in [-0.39, 0.29) is 11.9 Å². The van der Waals surface area contributed by atoms with Crippen LogP contribution in [0.1, 0.15) is 20.8 Å². The average Bonchev–Trinajstić information content (AvgIpc) is 2.04. The number of nitrogens with one attached hydrogen (secondary N) is 1. The first kappa shape index (κ1) is 8.04. The number of carbonyl (C=O) groups is 2. The third-order valence-electron chi connectivity index (χ3n) is 2.01. The summed E-state index contributed by atoms with van der Waals surface area (Å²) in [6.45, 7) is 5.87. The van der Waals surface area contributed by atoms with Gasteiger partial charge in [0.2, 0.25) is 0 Å². The molecule has 11 heavy (non-hydrogen) atoms. The molecule has 1 fully saturated rings. The molecule has 0 radical (unpaired) electrons. The van der Waals surface area contributed by atoms with Crippen molar-refractivity contribution in [1.29, 1.82) is 0 Å². The van der Waals surface area contributed by atoms with Crippen molar-refractivity contribution in [3.63, 3.8) is 0 Å². The molecule has 0 aromatic heterocycles. The first-order valence-electron chi connectivity index (χ1n) is 3.63. The van der Waals surface area contributed by atoms with Gasteiger partial charge in [-0.05, 0) is 20.8 Å². The second kappa shape index (κ2) is 2.22. The number of hydrogen-bond donors (Lipinski definition) is 1. The van der Waals surface area contributed by atoms with Gasteiger partial charge in [-0.25, -0.2) is 4.79 Å². The smallest absolute Gasteiger partial charge is 0.311 e. The molecule has 0 aliphatic carbocycles. The van der Waals surface area contributed by atoms with Crippen LogP contribution in [0.15, 0.2) is 0 Å². The summed E-state index contributed by atoms with van der Waals surface area (Å²) >= 11 is 0. The topological polar surface area (TPSA) is 49.4 Å². The Morgan fingerprint density at radius 3 is 2.18 bits per heavy atom. The van der Waals surface area contributed by atoms with Gasteiger partial charge in [0.25, 0.3) is 5.91 Å². The molecule has 0 atom stereocenters. The highest BCUT2D eigenvalue weighted by molar-refractivity contribution is 6.06. The Balaban J connectivity index is 2.93. The molecular weight excluding hydrogens is 144 g/mol. The van der Waals surface area contributed by atoms with Gasteiger partial charge < -0.3 is 4.90 Å². The molecule has 0 unspecified atom stereocenters. The Hall–Kier alpha value is -1.06. The lowest BCUT2D eigenvalue weighted by molar-refractivity contribution is -0.125. The minimum absolute atomic E-state index is 0.218. The van der Waals surface area contributed by atoms with E-state index >= 15 is 0 Å².